The summed E-state index contributed by atoms with van der Waals surface area (Å²) >= 11 is 0. The van der Waals surface area contributed by atoms with E-state index in [4.69, 9.17) is 10.00 Å². The standard InChI is InChI=1S/C12H15N3O3/c1-12(2,3)18-11(17)15(4)10-6-5-9(16)8(7-13)14-10/h5-6,16H,1-4H3. The first-order chi connectivity index (χ1) is 8.24. The summed E-state index contributed by atoms with van der Waals surface area (Å²) in [5.41, 5.74) is -0.747. The molecule has 18 heavy (non-hydrogen) atoms. The van der Waals surface area contributed by atoms with Crippen LogP contribution in [0.4, 0.5) is 10.6 Å². The number of aromatic hydroxyl groups is 1. The fourth-order valence-corrected chi connectivity index (χ4v) is 1.13. The molecule has 96 valence electrons. The molecule has 0 spiro atoms. The maximum absolute atomic E-state index is 11.8. The molecule has 1 aromatic rings. The van der Waals surface area contributed by atoms with Crippen LogP contribution in [-0.2, 0) is 4.74 Å². The molecule has 0 saturated heterocycles. The van der Waals surface area contributed by atoms with Gasteiger partial charge in [0.2, 0.25) is 0 Å². The van der Waals surface area contributed by atoms with E-state index in [1.54, 1.807) is 26.8 Å². The van der Waals surface area contributed by atoms with Crippen LogP contribution in [-0.4, -0.2) is 28.8 Å². The molecule has 0 aliphatic carbocycles. The molecular formula is C12H15N3O3. The van der Waals surface area contributed by atoms with Crippen molar-refractivity contribution in [2.24, 2.45) is 0 Å². The highest BCUT2D eigenvalue weighted by atomic mass is 16.6. The van der Waals surface area contributed by atoms with Crippen molar-refractivity contribution in [3.63, 3.8) is 0 Å². The second-order valence-corrected chi connectivity index (χ2v) is 4.69. The lowest BCUT2D eigenvalue weighted by Gasteiger charge is -2.24. The number of hydrogen-bond donors (Lipinski definition) is 1. The molecular weight excluding hydrogens is 234 g/mol. The lowest BCUT2D eigenvalue weighted by Crippen LogP contribution is -2.34. The second kappa shape index (κ2) is 4.92. The maximum Gasteiger partial charge on any atom is 0.415 e. The number of aromatic nitrogens is 1. The van der Waals surface area contributed by atoms with Crippen molar-refractivity contribution >= 4 is 11.9 Å². The summed E-state index contributed by atoms with van der Waals surface area (Å²) in [6.07, 6.45) is -0.579. The number of carbonyl (C=O) groups excluding carboxylic acids is 1. The average Bonchev–Trinajstić information content (AvgIpc) is 2.26. The summed E-state index contributed by atoms with van der Waals surface area (Å²) in [5.74, 6) is 0.0115. The molecule has 0 bridgehead atoms. The van der Waals surface area contributed by atoms with Gasteiger partial charge in [-0.25, -0.2) is 9.78 Å². The van der Waals surface area contributed by atoms with E-state index in [0.29, 0.717) is 0 Å². The number of amides is 1. The molecule has 0 unspecified atom stereocenters. The van der Waals surface area contributed by atoms with Crippen molar-refractivity contribution in [1.29, 1.82) is 5.26 Å². The van der Waals surface area contributed by atoms with Crippen LogP contribution >= 0.6 is 0 Å². The molecule has 0 radical (unpaired) electrons. The zero-order valence-corrected chi connectivity index (χ0v) is 10.8. The number of nitrogens with zero attached hydrogens (tertiary/aromatic N) is 3. The molecule has 0 aliphatic rings. The third-order valence-electron chi connectivity index (χ3n) is 1.98. The van der Waals surface area contributed by atoms with E-state index in [2.05, 4.69) is 4.98 Å². The molecule has 1 amide bonds. The number of ether oxygens (including phenoxy) is 1. The fourth-order valence-electron chi connectivity index (χ4n) is 1.13. The van der Waals surface area contributed by atoms with Crippen molar-refractivity contribution in [2.75, 3.05) is 11.9 Å². The predicted octanol–water partition coefficient (Wildman–Crippen LogP) is 2.03. The highest BCUT2D eigenvalue weighted by Crippen LogP contribution is 2.20. The zero-order valence-electron chi connectivity index (χ0n) is 10.8. The summed E-state index contributed by atoms with van der Waals surface area (Å²) in [5, 5.41) is 18.1. The van der Waals surface area contributed by atoms with E-state index in [9.17, 15) is 9.90 Å². The Morgan fingerprint density at radius 1 is 1.50 bits per heavy atom. The monoisotopic (exact) mass is 249 g/mol. The molecule has 1 aromatic heterocycles. The molecule has 6 heteroatoms. The summed E-state index contributed by atoms with van der Waals surface area (Å²) in [7, 11) is 1.48. The Bertz CT molecular complexity index is 500. The molecule has 6 nitrogen and oxygen atoms in total. The summed E-state index contributed by atoms with van der Waals surface area (Å²) < 4.78 is 5.16. The first-order valence-corrected chi connectivity index (χ1v) is 5.31. The number of pyridine rings is 1. The van der Waals surface area contributed by atoms with Crippen LogP contribution in [0.5, 0.6) is 5.75 Å². The first-order valence-electron chi connectivity index (χ1n) is 5.31. The topological polar surface area (TPSA) is 86.5 Å². The van der Waals surface area contributed by atoms with E-state index in [0.717, 1.165) is 0 Å². The van der Waals surface area contributed by atoms with Gasteiger partial charge >= 0.3 is 6.09 Å². The van der Waals surface area contributed by atoms with Crippen LogP contribution in [0.15, 0.2) is 12.1 Å². The Labute approximate surface area is 105 Å². The van der Waals surface area contributed by atoms with Gasteiger partial charge in [0.25, 0.3) is 0 Å². The van der Waals surface area contributed by atoms with Crippen molar-refractivity contribution in [1.82, 2.24) is 4.98 Å². The minimum absolute atomic E-state index is 0.136. The number of carbonyl (C=O) groups is 1. The zero-order chi connectivity index (χ0) is 13.9. The van der Waals surface area contributed by atoms with Gasteiger partial charge in [-0.05, 0) is 32.9 Å². The summed E-state index contributed by atoms with van der Waals surface area (Å²) in [6, 6.07) is 4.48. The number of rotatable bonds is 1. The van der Waals surface area contributed by atoms with Gasteiger partial charge in [0.05, 0.1) is 0 Å². The smallest absolute Gasteiger partial charge is 0.415 e. The van der Waals surface area contributed by atoms with Crippen molar-refractivity contribution in [3.8, 4) is 11.8 Å². The lowest BCUT2D eigenvalue weighted by molar-refractivity contribution is 0.0588. The SMILES string of the molecule is CN(C(=O)OC(C)(C)C)c1ccc(O)c(C#N)n1. The molecule has 0 saturated carbocycles. The molecule has 0 aromatic carbocycles. The van der Waals surface area contributed by atoms with Gasteiger partial charge in [0.15, 0.2) is 11.4 Å². The molecule has 0 atom stereocenters. The van der Waals surface area contributed by atoms with Gasteiger partial charge in [-0.1, -0.05) is 0 Å². The maximum atomic E-state index is 11.8. The molecule has 1 rings (SSSR count). The van der Waals surface area contributed by atoms with Gasteiger partial charge in [-0.2, -0.15) is 5.26 Å². The lowest BCUT2D eigenvalue weighted by atomic mass is 10.2. The molecule has 1 heterocycles. The molecule has 1 N–H and O–H groups in total. The van der Waals surface area contributed by atoms with Crippen LogP contribution < -0.4 is 4.90 Å². The van der Waals surface area contributed by atoms with Crippen LogP contribution in [0, 0.1) is 11.3 Å². The van der Waals surface area contributed by atoms with E-state index in [-0.39, 0.29) is 17.3 Å². The van der Waals surface area contributed by atoms with Crippen LogP contribution in [0.2, 0.25) is 0 Å². The molecule has 0 aliphatic heterocycles. The van der Waals surface area contributed by atoms with Gasteiger partial charge in [-0.3, -0.25) is 4.90 Å². The third-order valence-corrected chi connectivity index (χ3v) is 1.98. The Morgan fingerprint density at radius 2 is 2.11 bits per heavy atom. The van der Waals surface area contributed by atoms with Crippen molar-refractivity contribution in [3.05, 3.63) is 17.8 Å². The predicted molar refractivity (Wildman–Crippen MR) is 65.3 cm³/mol. The van der Waals surface area contributed by atoms with Crippen LogP contribution in [0.3, 0.4) is 0 Å². The number of hydrogen-bond acceptors (Lipinski definition) is 5. The molecule has 0 fully saturated rings. The van der Waals surface area contributed by atoms with Crippen LogP contribution in [0.1, 0.15) is 26.5 Å². The van der Waals surface area contributed by atoms with Gasteiger partial charge in [0, 0.05) is 7.05 Å². The van der Waals surface area contributed by atoms with Gasteiger partial charge in [0.1, 0.15) is 17.5 Å². The van der Waals surface area contributed by atoms with Gasteiger partial charge < -0.3 is 9.84 Å². The summed E-state index contributed by atoms with van der Waals surface area (Å²) in [6.45, 7) is 5.26. The van der Waals surface area contributed by atoms with Crippen molar-refractivity contribution in [2.45, 2.75) is 26.4 Å². The van der Waals surface area contributed by atoms with Gasteiger partial charge in [-0.15, -0.1) is 0 Å². The number of nitriles is 1. The third kappa shape index (κ3) is 3.35. The number of anilines is 1. The normalized spacial score (nSPS) is 10.6. The Kier molecular flexibility index (Phi) is 3.76. The minimum Gasteiger partial charge on any atom is -0.505 e. The fraction of sp³-hybridized carbons (Fsp3) is 0.417. The highest BCUT2D eigenvalue weighted by Gasteiger charge is 2.21. The van der Waals surface area contributed by atoms with E-state index >= 15 is 0 Å². The quantitative estimate of drug-likeness (QED) is 0.822. The second-order valence-electron chi connectivity index (χ2n) is 4.69. The Hall–Kier alpha value is -2.29. The van der Waals surface area contributed by atoms with E-state index in [1.807, 2.05) is 0 Å². The minimum atomic E-state index is -0.611. The van der Waals surface area contributed by atoms with E-state index in [1.165, 1.54) is 24.1 Å². The largest absolute Gasteiger partial charge is 0.505 e. The Morgan fingerprint density at radius 3 is 2.61 bits per heavy atom. The van der Waals surface area contributed by atoms with Crippen LogP contribution in [0.25, 0.3) is 0 Å². The van der Waals surface area contributed by atoms with E-state index < -0.39 is 11.7 Å². The van der Waals surface area contributed by atoms with Crippen molar-refractivity contribution < 1.29 is 14.6 Å². The summed E-state index contributed by atoms with van der Waals surface area (Å²) in [4.78, 5) is 16.8. The first kappa shape index (κ1) is 13.8. The Balaban J connectivity index is 2.95. The highest BCUT2D eigenvalue weighted by molar-refractivity contribution is 5.86. The average molecular weight is 249 g/mol.